The van der Waals surface area contributed by atoms with Gasteiger partial charge in [0.05, 0.1) is 0 Å². The number of phenols is 4. The highest BCUT2D eigenvalue weighted by Crippen LogP contribution is 2.47. The molecule has 0 atom stereocenters. The number of rotatable bonds is 5. The van der Waals surface area contributed by atoms with Crippen molar-refractivity contribution in [1.82, 2.24) is 0 Å². The number of hydrogen-bond acceptors (Lipinski definition) is 4. The monoisotopic (exact) mass is 566 g/mol. The van der Waals surface area contributed by atoms with Gasteiger partial charge < -0.3 is 20.4 Å². The Morgan fingerprint density at radius 1 is 0.419 bits per heavy atom. The molecule has 0 heterocycles. The summed E-state index contributed by atoms with van der Waals surface area (Å²) in [5, 5.41) is 45.8. The van der Waals surface area contributed by atoms with Crippen LogP contribution in [0.2, 0.25) is 0 Å². The molecule has 0 aromatic heterocycles. The maximum Gasteiger partial charge on any atom is 0.122 e. The summed E-state index contributed by atoms with van der Waals surface area (Å²) in [7, 11) is 0. The third-order valence-electron chi connectivity index (χ3n) is 8.48. The first-order chi connectivity index (χ1) is 20.6. The van der Waals surface area contributed by atoms with Gasteiger partial charge in [-0.15, -0.1) is 0 Å². The summed E-state index contributed by atoms with van der Waals surface area (Å²) in [6, 6.07) is 33.2. The van der Waals surface area contributed by atoms with Crippen LogP contribution in [0.3, 0.4) is 0 Å². The number of aromatic hydroxyl groups is 4. The second kappa shape index (κ2) is 10.9. The van der Waals surface area contributed by atoms with Crippen LogP contribution in [0.15, 0.2) is 103 Å². The Balaban J connectivity index is 1.67. The van der Waals surface area contributed by atoms with Crippen LogP contribution in [-0.4, -0.2) is 20.4 Å². The summed E-state index contributed by atoms with van der Waals surface area (Å²) in [4.78, 5) is 0. The molecule has 4 heteroatoms. The number of fused-ring (bicyclic) bond motifs is 1. The van der Waals surface area contributed by atoms with E-state index in [-0.39, 0.29) is 23.0 Å². The van der Waals surface area contributed by atoms with E-state index >= 15 is 0 Å². The van der Waals surface area contributed by atoms with Crippen molar-refractivity contribution in [2.75, 3.05) is 0 Å². The zero-order valence-electron chi connectivity index (χ0n) is 24.7. The van der Waals surface area contributed by atoms with E-state index in [0.29, 0.717) is 22.3 Å². The van der Waals surface area contributed by atoms with Crippen LogP contribution in [0.5, 0.6) is 23.0 Å². The smallest absolute Gasteiger partial charge is 0.122 e. The summed E-state index contributed by atoms with van der Waals surface area (Å²) < 4.78 is 0. The van der Waals surface area contributed by atoms with Crippen LogP contribution in [0.25, 0.3) is 33.0 Å². The molecule has 6 aromatic carbocycles. The summed E-state index contributed by atoms with van der Waals surface area (Å²) in [6.45, 7) is 7.50. The molecule has 0 aliphatic carbocycles. The second-order valence-electron chi connectivity index (χ2n) is 11.5. The largest absolute Gasteiger partial charge is 0.508 e. The van der Waals surface area contributed by atoms with E-state index in [1.807, 2.05) is 94.4 Å². The van der Waals surface area contributed by atoms with Gasteiger partial charge in [0.2, 0.25) is 0 Å². The lowest BCUT2D eigenvalue weighted by Crippen LogP contribution is -2.07. The summed E-state index contributed by atoms with van der Waals surface area (Å²) >= 11 is 0. The molecule has 0 amide bonds. The molecule has 0 bridgehead atoms. The average molecular weight is 567 g/mol. The van der Waals surface area contributed by atoms with E-state index in [1.54, 1.807) is 12.1 Å². The van der Waals surface area contributed by atoms with E-state index in [9.17, 15) is 20.4 Å². The summed E-state index contributed by atoms with van der Waals surface area (Å²) in [5.41, 5.74) is 8.91. The second-order valence-corrected chi connectivity index (χ2v) is 11.5. The van der Waals surface area contributed by atoms with Crippen molar-refractivity contribution in [3.63, 3.8) is 0 Å². The fraction of sp³-hybridized carbons (Fsp3) is 0.128. The van der Waals surface area contributed by atoms with Crippen LogP contribution in [0.4, 0.5) is 0 Å². The van der Waals surface area contributed by atoms with Gasteiger partial charge in [0.15, 0.2) is 0 Å². The average Bonchev–Trinajstić information content (AvgIpc) is 3.00. The van der Waals surface area contributed by atoms with Crippen molar-refractivity contribution in [1.29, 1.82) is 0 Å². The third kappa shape index (κ3) is 5.06. The molecule has 0 radical (unpaired) electrons. The van der Waals surface area contributed by atoms with Crippen molar-refractivity contribution < 1.29 is 20.4 Å². The van der Waals surface area contributed by atoms with Gasteiger partial charge in [-0.05, 0) is 137 Å². The van der Waals surface area contributed by atoms with Gasteiger partial charge in [0.25, 0.3) is 0 Å². The molecule has 4 N–H and O–H groups in total. The SMILES string of the molecule is Cc1cc(-c2cc(C)c(O)c(C(c3cc(-c4ccc(O)c(C)c4)cc(C)c3O)c3cccc4ccccc34)c2)ccc1O. The maximum absolute atomic E-state index is 11.7. The Bertz CT molecular complexity index is 1910. The molecule has 0 spiro atoms. The van der Waals surface area contributed by atoms with Gasteiger partial charge in [0.1, 0.15) is 23.0 Å². The molecule has 0 unspecified atom stereocenters. The fourth-order valence-corrected chi connectivity index (χ4v) is 6.06. The first-order valence-electron chi connectivity index (χ1n) is 14.4. The molecule has 0 aliphatic rings. The standard InChI is InChI=1S/C39H34O4/c1-22-16-27(12-14-35(22)40)29-18-24(3)38(42)33(20-29)37(32-11-7-9-26-8-5-6-10-31(26)32)34-21-30(19-25(4)39(34)43)28-13-15-36(41)23(2)17-28/h5-21,37,40-43H,1-4H3. The Morgan fingerprint density at radius 2 is 0.884 bits per heavy atom. The molecule has 0 saturated carbocycles. The molecule has 0 saturated heterocycles. The van der Waals surface area contributed by atoms with Crippen molar-refractivity contribution in [2.24, 2.45) is 0 Å². The molecular formula is C39H34O4. The molecule has 43 heavy (non-hydrogen) atoms. The minimum Gasteiger partial charge on any atom is -0.508 e. The highest BCUT2D eigenvalue weighted by atomic mass is 16.3. The third-order valence-corrected chi connectivity index (χ3v) is 8.48. The topological polar surface area (TPSA) is 80.9 Å². The Labute approximate surface area is 251 Å². The number of aryl methyl sites for hydroxylation is 4. The van der Waals surface area contributed by atoms with Crippen molar-refractivity contribution in [3.8, 4) is 45.3 Å². The van der Waals surface area contributed by atoms with Crippen LogP contribution in [0.1, 0.15) is 44.9 Å². The van der Waals surface area contributed by atoms with Gasteiger partial charge in [-0.3, -0.25) is 0 Å². The molecule has 4 nitrogen and oxygen atoms in total. The maximum atomic E-state index is 11.7. The quantitative estimate of drug-likeness (QED) is 0.157. The minimum absolute atomic E-state index is 0.167. The van der Waals surface area contributed by atoms with Gasteiger partial charge >= 0.3 is 0 Å². The van der Waals surface area contributed by atoms with E-state index in [2.05, 4.69) is 24.3 Å². The van der Waals surface area contributed by atoms with E-state index in [0.717, 1.165) is 49.7 Å². The van der Waals surface area contributed by atoms with Crippen molar-refractivity contribution in [3.05, 3.63) is 142 Å². The van der Waals surface area contributed by atoms with E-state index in [1.165, 1.54) is 0 Å². The zero-order chi connectivity index (χ0) is 30.4. The molecule has 6 rings (SSSR count). The van der Waals surface area contributed by atoms with Crippen LogP contribution >= 0.6 is 0 Å². The fourth-order valence-electron chi connectivity index (χ4n) is 6.06. The number of phenolic OH excluding ortho intramolecular Hbond substituents is 4. The minimum atomic E-state index is -0.514. The van der Waals surface area contributed by atoms with Crippen LogP contribution in [0, 0.1) is 27.7 Å². The number of benzene rings is 6. The van der Waals surface area contributed by atoms with E-state index in [4.69, 9.17) is 0 Å². The predicted octanol–water partition coefficient (Wildman–Crippen LogP) is 9.41. The molecule has 0 fully saturated rings. The lowest BCUT2D eigenvalue weighted by molar-refractivity contribution is 0.454. The number of hydrogen-bond donors (Lipinski definition) is 4. The normalized spacial score (nSPS) is 11.4. The van der Waals surface area contributed by atoms with E-state index < -0.39 is 5.92 Å². The predicted molar refractivity (Wildman–Crippen MR) is 174 cm³/mol. The highest BCUT2D eigenvalue weighted by molar-refractivity contribution is 5.88. The first kappa shape index (κ1) is 27.9. The van der Waals surface area contributed by atoms with Crippen molar-refractivity contribution in [2.45, 2.75) is 33.6 Å². The van der Waals surface area contributed by atoms with Gasteiger partial charge in [0, 0.05) is 17.0 Å². The van der Waals surface area contributed by atoms with Gasteiger partial charge in [-0.25, -0.2) is 0 Å². The molecular weight excluding hydrogens is 532 g/mol. The lowest BCUT2D eigenvalue weighted by Gasteiger charge is -2.25. The first-order valence-corrected chi connectivity index (χ1v) is 14.4. The van der Waals surface area contributed by atoms with Gasteiger partial charge in [-0.1, -0.05) is 54.6 Å². The Morgan fingerprint density at radius 3 is 1.40 bits per heavy atom. The zero-order valence-corrected chi connectivity index (χ0v) is 24.7. The van der Waals surface area contributed by atoms with Crippen molar-refractivity contribution >= 4 is 10.8 Å². The molecule has 0 aliphatic heterocycles. The summed E-state index contributed by atoms with van der Waals surface area (Å²) in [5.74, 6) is 0.282. The lowest BCUT2D eigenvalue weighted by atomic mass is 9.79. The molecule has 214 valence electrons. The van der Waals surface area contributed by atoms with Crippen LogP contribution < -0.4 is 0 Å². The van der Waals surface area contributed by atoms with Crippen LogP contribution in [-0.2, 0) is 0 Å². The Hall–Kier alpha value is -5.22. The Kier molecular flexibility index (Phi) is 7.07. The molecule has 6 aromatic rings. The highest BCUT2D eigenvalue weighted by Gasteiger charge is 2.27. The van der Waals surface area contributed by atoms with Gasteiger partial charge in [-0.2, -0.15) is 0 Å². The summed E-state index contributed by atoms with van der Waals surface area (Å²) in [6.07, 6.45) is 0.